The smallest absolute Gasteiger partial charge is 0.220 e. The summed E-state index contributed by atoms with van der Waals surface area (Å²) in [6.07, 6.45) is 6.35. The molecule has 1 amide bonds. The highest BCUT2D eigenvalue weighted by Gasteiger charge is 2.22. The zero-order valence-corrected chi connectivity index (χ0v) is 9.09. The fourth-order valence-corrected chi connectivity index (χ4v) is 2.07. The topological polar surface area (TPSA) is 55.1 Å². The molecule has 0 saturated heterocycles. The highest BCUT2D eigenvalue weighted by Crippen LogP contribution is 2.23. The number of amides is 1. The molecule has 0 spiro atoms. The van der Waals surface area contributed by atoms with Crippen molar-refractivity contribution in [2.24, 2.45) is 11.7 Å². The van der Waals surface area contributed by atoms with Gasteiger partial charge in [0.15, 0.2) is 0 Å². The molecule has 1 rings (SSSR count). The van der Waals surface area contributed by atoms with Crippen molar-refractivity contribution in [1.82, 2.24) is 5.32 Å². The number of nitrogens with two attached hydrogens (primary N) is 1. The molecule has 0 aromatic heterocycles. The summed E-state index contributed by atoms with van der Waals surface area (Å²) >= 11 is 0. The van der Waals surface area contributed by atoms with Gasteiger partial charge in [-0.2, -0.15) is 0 Å². The summed E-state index contributed by atoms with van der Waals surface area (Å²) in [6, 6.07) is 0.411. The second-order valence-corrected chi connectivity index (χ2v) is 4.33. The summed E-state index contributed by atoms with van der Waals surface area (Å²) < 4.78 is 0. The van der Waals surface area contributed by atoms with Gasteiger partial charge in [-0.15, -0.1) is 0 Å². The van der Waals surface area contributed by atoms with Crippen molar-refractivity contribution < 1.29 is 4.79 Å². The van der Waals surface area contributed by atoms with E-state index in [1.54, 1.807) is 0 Å². The predicted molar refractivity (Wildman–Crippen MR) is 57.9 cm³/mol. The lowest BCUT2D eigenvalue weighted by Gasteiger charge is -2.29. The van der Waals surface area contributed by atoms with Crippen LogP contribution in [0.25, 0.3) is 0 Å². The van der Waals surface area contributed by atoms with Crippen LogP contribution in [0.4, 0.5) is 0 Å². The van der Waals surface area contributed by atoms with Crippen LogP contribution in [-0.4, -0.2) is 18.5 Å². The lowest BCUT2D eigenvalue weighted by Crippen LogP contribution is -2.41. The van der Waals surface area contributed by atoms with Crippen molar-refractivity contribution in [3.8, 4) is 0 Å². The Balaban J connectivity index is 2.23. The van der Waals surface area contributed by atoms with Crippen molar-refractivity contribution in [2.75, 3.05) is 6.54 Å². The Morgan fingerprint density at radius 2 is 2.14 bits per heavy atom. The summed E-state index contributed by atoms with van der Waals surface area (Å²) in [5.74, 6) is 0.819. The van der Waals surface area contributed by atoms with E-state index in [0.29, 0.717) is 24.9 Å². The summed E-state index contributed by atoms with van der Waals surface area (Å²) in [7, 11) is 0. The van der Waals surface area contributed by atoms with Crippen molar-refractivity contribution >= 4 is 5.91 Å². The minimum absolute atomic E-state index is 0.175. The Morgan fingerprint density at radius 3 is 2.79 bits per heavy atom. The van der Waals surface area contributed by atoms with Crippen molar-refractivity contribution in [2.45, 2.75) is 51.5 Å². The molecule has 3 nitrogen and oxygen atoms in total. The first-order valence-corrected chi connectivity index (χ1v) is 5.73. The lowest BCUT2D eigenvalue weighted by molar-refractivity contribution is -0.122. The average Bonchev–Trinajstić information content (AvgIpc) is 2.18. The molecule has 1 fully saturated rings. The highest BCUT2D eigenvalue weighted by molar-refractivity contribution is 5.76. The number of nitrogens with one attached hydrogen (secondary N) is 1. The van der Waals surface area contributed by atoms with E-state index in [9.17, 15) is 4.79 Å². The molecule has 0 heterocycles. The summed E-state index contributed by atoms with van der Waals surface area (Å²) in [6.45, 7) is 2.83. The molecule has 1 aliphatic rings. The molecule has 14 heavy (non-hydrogen) atoms. The second kappa shape index (κ2) is 6.02. The number of carbonyl (C=O) groups excluding carboxylic acids is 1. The van der Waals surface area contributed by atoms with Gasteiger partial charge in [0.25, 0.3) is 0 Å². The molecule has 3 N–H and O–H groups in total. The van der Waals surface area contributed by atoms with Crippen LogP contribution in [0.15, 0.2) is 0 Å². The molecule has 0 aromatic rings. The van der Waals surface area contributed by atoms with Gasteiger partial charge in [-0.1, -0.05) is 19.8 Å². The first-order chi connectivity index (χ1) is 6.74. The molecule has 1 saturated carbocycles. The van der Waals surface area contributed by atoms with Crippen LogP contribution < -0.4 is 11.1 Å². The largest absolute Gasteiger partial charge is 0.353 e. The van der Waals surface area contributed by atoms with E-state index in [1.165, 1.54) is 19.3 Å². The molecule has 0 bridgehead atoms. The predicted octanol–water partition coefficient (Wildman–Crippen LogP) is 1.42. The van der Waals surface area contributed by atoms with Gasteiger partial charge in [-0.3, -0.25) is 4.79 Å². The number of carbonyl (C=O) groups is 1. The maximum atomic E-state index is 11.4. The third-order valence-electron chi connectivity index (χ3n) is 3.07. The monoisotopic (exact) mass is 198 g/mol. The van der Waals surface area contributed by atoms with Crippen molar-refractivity contribution in [1.29, 1.82) is 0 Å². The molecule has 0 radical (unpaired) electrons. The molecule has 0 aliphatic heterocycles. The fourth-order valence-electron chi connectivity index (χ4n) is 2.07. The molecular weight excluding hydrogens is 176 g/mol. The molecule has 0 aromatic carbocycles. The van der Waals surface area contributed by atoms with E-state index in [0.717, 1.165) is 12.8 Å². The first kappa shape index (κ1) is 11.5. The van der Waals surface area contributed by atoms with Crippen LogP contribution in [0.3, 0.4) is 0 Å². The summed E-state index contributed by atoms with van der Waals surface area (Å²) in [5.41, 5.74) is 5.36. The minimum atomic E-state index is 0.175. The van der Waals surface area contributed by atoms with E-state index in [4.69, 9.17) is 5.73 Å². The maximum absolute atomic E-state index is 11.4. The van der Waals surface area contributed by atoms with E-state index in [1.807, 2.05) is 0 Å². The molecule has 2 unspecified atom stereocenters. The van der Waals surface area contributed by atoms with Crippen molar-refractivity contribution in [3.05, 3.63) is 0 Å². The SMILES string of the molecule is CC1CCCCC1NC(=O)CCCN. The Morgan fingerprint density at radius 1 is 1.43 bits per heavy atom. The van der Waals surface area contributed by atoms with Gasteiger partial charge in [0.2, 0.25) is 5.91 Å². The van der Waals surface area contributed by atoms with Crippen LogP contribution in [-0.2, 0) is 4.79 Å². The molecular formula is C11H22N2O. The first-order valence-electron chi connectivity index (χ1n) is 5.73. The van der Waals surface area contributed by atoms with Crippen LogP contribution in [0.2, 0.25) is 0 Å². The molecule has 1 aliphatic carbocycles. The number of hydrogen-bond donors (Lipinski definition) is 2. The quantitative estimate of drug-likeness (QED) is 0.718. The van der Waals surface area contributed by atoms with E-state index in [2.05, 4.69) is 12.2 Å². The highest BCUT2D eigenvalue weighted by atomic mass is 16.1. The zero-order valence-electron chi connectivity index (χ0n) is 9.09. The average molecular weight is 198 g/mol. The van der Waals surface area contributed by atoms with Crippen LogP contribution in [0.1, 0.15) is 45.4 Å². The molecule has 3 heteroatoms. The normalized spacial score (nSPS) is 27.3. The summed E-state index contributed by atoms with van der Waals surface area (Å²) in [5, 5.41) is 3.11. The van der Waals surface area contributed by atoms with E-state index in [-0.39, 0.29) is 5.91 Å². The molecule has 82 valence electrons. The van der Waals surface area contributed by atoms with Crippen LogP contribution >= 0.6 is 0 Å². The number of rotatable bonds is 4. The Bertz CT molecular complexity index is 182. The fraction of sp³-hybridized carbons (Fsp3) is 0.909. The third-order valence-corrected chi connectivity index (χ3v) is 3.07. The van der Waals surface area contributed by atoms with Gasteiger partial charge < -0.3 is 11.1 Å². The Hall–Kier alpha value is -0.570. The van der Waals surface area contributed by atoms with Crippen molar-refractivity contribution in [3.63, 3.8) is 0 Å². The zero-order chi connectivity index (χ0) is 10.4. The van der Waals surface area contributed by atoms with Crippen LogP contribution in [0, 0.1) is 5.92 Å². The summed E-state index contributed by atoms with van der Waals surface area (Å²) in [4.78, 5) is 11.4. The maximum Gasteiger partial charge on any atom is 0.220 e. The van der Waals surface area contributed by atoms with E-state index < -0.39 is 0 Å². The second-order valence-electron chi connectivity index (χ2n) is 4.33. The number of hydrogen-bond acceptors (Lipinski definition) is 2. The lowest BCUT2D eigenvalue weighted by atomic mass is 9.86. The van der Waals surface area contributed by atoms with Gasteiger partial charge in [0.1, 0.15) is 0 Å². The Kier molecular flexibility index (Phi) is 4.94. The van der Waals surface area contributed by atoms with E-state index >= 15 is 0 Å². The van der Waals surface area contributed by atoms with Gasteiger partial charge in [-0.25, -0.2) is 0 Å². The Labute approximate surface area is 86.4 Å². The molecule has 2 atom stereocenters. The van der Waals surface area contributed by atoms with Gasteiger partial charge in [0.05, 0.1) is 0 Å². The third kappa shape index (κ3) is 3.66. The minimum Gasteiger partial charge on any atom is -0.353 e. The van der Waals surface area contributed by atoms with Gasteiger partial charge in [-0.05, 0) is 31.7 Å². The standard InChI is InChI=1S/C11H22N2O/c1-9-5-2-3-6-10(9)13-11(14)7-4-8-12/h9-10H,2-8,12H2,1H3,(H,13,14). The van der Waals surface area contributed by atoms with Crippen LogP contribution in [0.5, 0.6) is 0 Å². The van der Waals surface area contributed by atoms with Gasteiger partial charge in [0, 0.05) is 12.5 Å². The van der Waals surface area contributed by atoms with Gasteiger partial charge >= 0.3 is 0 Å².